The first-order valence-corrected chi connectivity index (χ1v) is 7.19. The molecule has 7 nitrogen and oxygen atoms in total. The Kier molecular flexibility index (Phi) is 3.92. The third kappa shape index (κ3) is 3.28. The summed E-state index contributed by atoms with van der Waals surface area (Å²) in [6.45, 7) is 3.68. The zero-order chi connectivity index (χ0) is 16.4. The van der Waals surface area contributed by atoms with E-state index in [9.17, 15) is 9.59 Å². The number of hydrogen-bond acceptors (Lipinski definition) is 5. The number of fused-ring (bicyclic) bond motifs is 1. The smallest absolute Gasteiger partial charge is 0.271 e. The largest absolute Gasteiger partial charge is 0.482 e. The van der Waals surface area contributed by atoms with Gasteiger partial charge in [0.25, 0.3) is 11.8 Å². The molecule has 1 atom stereocenters. The highest BCUT2D eigenvalue weighted by molar-refractivity contribution is 5.95. The number of nitrogens with one attached hydrogen (secondary N) is 2. The first-order chi connectivity index (χ1) is 11.0. The van der Waals surface area contributed by atoms with Crippen LogP contribution in [0.15, 0.2) is 30.6 Å². The Hall–Kier alpha value is -2.96. The van der Waals surface area contributed by atoms with Crippen LogP contribution in [0, 0.1) is 6.92 Å². The summed E-state index contributed by atoms with van der Waals surface area (Å²) in [7, 11) is 0. The molecule has 2 heterocycles. The average molecular weight is 312 g/mol. The highest BCUT2D eigenvalue weighted by Gasteiger charge is 2.18. The van der Waals surface area contributed by atoms with Gasteiger partial charge in [0.2, 0.25) is 0 Å². The van der Waals surface area contributed by atoms with Crippen LogP contribution in [-0.4, -0.2) is 28.4 Å². The van der Waals surface area contributed by atoms with Crippen LogP contribution in [-0.2, 0) is 4.79 Å². The van der Waals surface area contributed by atoms with Crippen LogP contribution in [0.4, 0.5) is 5.69 Å². The van der Waals surface area contributed by atoms with Gasteiger partial charge in [-0.3, -0.25) is 14.6 Å². The van der Waals surface area contributed by atoms with Gasteiger partial charge in [0.15, 0.2) is 6.61 Å². The van der Waals surface area contributed by atoms with E-state index in [0.29, 0.717) is 11.4 Å². The first-order valence-electron chi connectivity index (χ1n) is 7.19. The molecule has 1 aromatic carbocycles. The minimum Gasteiger partial charge on any atom is -0.482 e. The Morgan fingerprint density at radius 2 is 2.17 bits per heavy atom. The fourth-order valence-corrected chi connectivity index (χ4v) is 2.23. The van der Waals surface area contributed by atoms with E-state index in [1.165, 1.54) is 6.20 Å². The molecular formula is C16H16N4O3. The lowest BCUT2D eigenvalue weighted by Crippen LogP contribution is -2.28. The molecule has 0 saturated heterocycles. The Morgan fingerprint density at radius 1 is 1.35 bits per heavy atom. The zero-order valence-electron chi connectivity index (χ0n) is 12.8. The van der Waals surface area contributed by atoms with Gasteiger partial charge in [-0.25, -0.2) is 4.98 Å². The van der Waals surface area contributed by atoms with Crippen molar-refractivity contribution in [2.24, 2.45) is 0 Å². The number of nitrogens with zero attached hydrogens (tertiary/aromatic N) is 2. The fourth-order valence-electron chi connectivity index (χ4n) is 2.23. The van der Waals surface area contributed by atoms with Gasteiger partial charge in [0, 0.05) is 6.20 Å². The SMILES string of the molecule is Cc1cnc(C(=O)N[C@@H](C)c2ccc3c(c2)NC(=O)CO3)cn1. The summed E-state index contributed by atoms with van der Waals surface area (Å²) in [6.07, 6.45) is 2.99. The molecular weight excluding hydrogens is 296 g/mol. The van der Waals surface area contributed by atoms with Crippen LogP contribution in [0.1, 0.15) is 34.7 Å². The molecule has 2 N–H and O–H groups in total. The molecule has 3 rings (SSSR count). The number of rotatable bonds is 3. The third-order valence-electron chi connectivity index (χ3n) is 3.50. The lowest BCUT2D eigenvalue weighted by Gasteiger charge is -2.20. The first kappa shape index (κ1) is 15.0. The molecule has 2 aromatic rings. The standard InChI is InChI=1S/C16H16N4O3/c1-9-6-18-13(7-17-9)16(22)19-10(2)11-3-4-14-12(5-11)20-15(21)8-23-14/h3-7,10H,8H2,1-2H3,(H,19,22)(H,20,21)/t10-/m0/s1. The number of anilines is 1. The number of amides is 2. The minimum atomic E-state index is -0.303. The van der Waals surface area contributed by atoms with Crippen LogP contribution in [0.5, 0.6) is 5.75 Å². The second-order valence-corrected chi connectivity index (χ2v) is 5.33. The molecule has 0 bridgehead atoms. The second kappa shape index (κ2) is 6.04. The van der Waals surface area contributed by atoms with Gasteiger partial charge in [-0.1, -0.05) is 6.07 Å². The van der Waals surface area contributed by atoms with E-state index < -0.39 is 0 Å². The van der Waals surface area contributed by atoms with Gasteiger partial charge in [-0.2, -0.15) is 0 Å². The summed E-state index contributed by atoms with van der Waals surface area (Å²) >= 11 is 0. The molecule has 0 fully saturated rings. The average Bonchev–Trinajstić information content (AvgIpc) is 2.54. The zero-order valence-corrected chi connectivity index (χ0v) is 12.8. The molecule has 0 aliphatic carbocycles. The van der Waals surface area contributed by atoms with Crippen molar-refractivity contribution in [1.29, 1.82) is 0 Å². The van der Waals surface area contributed by atoms with Crippen molar-refractivity contribution in [1.82, 2.24) is 15.3 Å². The van der Waals surface area contributed by atoms with Gasteiger partial charge < -0.3 is 15.4 Å². The van der Waals surface area contributed by atoms with Crippen molar-refractivity contribution < 1.29 is 14.3 Å². The van der Waals surface area contributed by atoms with E-state index in [4.69, 9.17) is 4.74 Å². The molecule has 1 aromatic heterocycles. The van der Waals surface area contributed by atoms with Gasteiger partial charge >= 0.3 is 0 Å². The third-order valence-corrected chi connectivity index (χ3v) is 3.50. The molecule has 0 radical (unpaired) electrons. The van der Waals surface area contributed by atoms with E-state index in [1.54, 1.807) is 25.3 Å². The predicted octanol–water partition coefficient (Wildman–Crippen LogP) is 1.61. The second-order valence-electron chi connectivity index (χ2n) is 5.33. The number of carbonyl (C=O) groups excluding carboxylic acids is 2. The number of carbonyl (C=O) groups is 2. The lowest BCUT2D eigenvalue weighted by atomic mass is 10.1. The van der Waals surface area contributed by atoms with Crippen LogP contribution in [0.2, 0.25) is 0 Å². The van der Waals surface area contributed by atoms with Crippen molar-refractivity contribution >= 4 is 17.5 Å². The van der Waals surface area contributed by atoms with Crippen LogP contribution in [0.25, 0.3) is 0 Å². The monoisotopic (exact) mass is 312 g/mol. The Labute approximate surface area is 133 Å². The molecule has 23 heavy (non-hydrogen) atoms. The van der Waals surface area contributed by atoms with Crippen molar-refractivity contribution in [3.63, 3.8) is 0 Å². The summed E-state index contributed by atoms with van der Waals surface area (Å²) < 4.78 is 5.31. The fraction of sp³-hybridized carbons (Fsp3) is 0.250. The summed E-state index contributed by atoms with van der Waals surface area (Å²) in [5.74, 6) is 0.126. The highest BCUT2D eigenvalue weighted by atomic mass is 16.5. The maximum absolute atomic E-state index is 12.2. The molecule has 2 amide bonds. The Balaban J connectivity index is 1.74. The van der Waals surface area contributed by atoms with E-state index in [0.717, 1.165) is 11.3 Å². The predicted molar refractivity (Wildman–Crippen MR) is 83.2 cm³/mol. The topological polar surface area (TPSA) is 93.2 Å². The number of aryl methyl sites for hydroxylation is 1. The van der Waals surface area contributed by atoms with E-state index in [1.807, 2.05) is 13.0 Å². The highest BCUT2D eigenvalue weighted by Crippen LogP contribution is 2.30. The Morgan fingerprint density at radius 3 is 2.91 bits per heavy atom. The van der Waals surface area contributed by atoms with Crippen LogP contribution in [0.3, 0.4) is 0 Å². The molecule has 0 spiro atoms. The number of aromatic nitrogens is 2. The lowest BCUT2D eigenvalue weighted by molar-refractivity contribution is -0.118. The van der Waals surface area contributed by atoms with E-state index in [-0.39, 0.29) is 30.2 Å². The van der Waals surface area contributed by atoms with Crippen molar-refractivity contribution in [2.45, 2.75) is 19.9 Å². The normalized spacial score (nSPS) is 14.3. The van der Waals surface area contributed by atoms with Gasteiger partial charge in [0.1, 0.15) is 11.4 Å². The summed E-state index contributed by atoms with van der Waals surface area (Å²) in [5, 5.41) is 5.60. The summed E-state index contributed by atoms with van der Waals surface area (Å²) in [5.41, 5.74) is 2.47. The maximum atomic E-state index is 12.2. The molecule has 0 unspecified atom stereocenters. The van der Waals surface area contributed by atoms with Crippen LogP contribution < -0.4 is 15.4 Å². The van der Waals surface area contributed by atoms with Crippen molar-refractivity contribution in [2.75, 3.05) is 11.9 Å². The molecule has 118 valence electrons. The van der Waals surface area contributed by atoms with Crippen LogP contribution >= 0.6 is 0 Å². The van der Waals surface area contributed by atoms with Crippen molar-refractivity contribution in [3.8, 4) is 5.75 Å². The molecule has 0 saturated carbocycles. The quantitative estimate of drug-likeness (QED) is 0.898. The van der Waals surface area contributed by atoms with Gasteiger partial charge in [0.05, 0.1) is 23.6 Å². The number of benzene rings is 1. The Bertz CT molecular complexity index is 758. The summed E-state index contributed by atoms with van der Waals surface area (Å²) in [6, 6.07) is 5.16. The summed E-state index contributed by atoms with van der Waals surface area (Å²) in [4.78, 5) is 31.7. The minimum absolute atomic E-state index is 0.0186. The molecule has 7 heteroatoms. The van der Waals surface area contributed by atoms with Gasteiger partial charge in [-0.05, 0) is 31.5 Å². The van der Waals surface area contributed by atoms with Gasteiger partial charge in [-0.15, -0.1) is 0 Å². The number of ether oxygens (including phenoxy) is 1. The van der Waals surface area contributed by atoms with E-state index >= 15 is 0 Å². The molecule has 1 aliphatic heterocycles. The molecule has 1 aliphatic rings. The van der Waals surface area contributed by atoms with Crippen molar-refractivity contribution in [3.05, 3.63) is 47.5 Å². The van der Waals surface area contributed by atoms with E-state index in [2.05, 4.69) is 20.6 Å². The number of hydrogen-bond donors (Lipinski definition) is 2. The maximum Gasteiger partial charge on any atom is 0.271 e.